The van der Waals surface area contributed by atoms with Gasteiger partial charge in [0.05, 0.1) is 11.5 Å². The van der Waals surface area contributed by atoms with E-state index in [1.54, 1.807) is 5.57 Å². The number of hydrogen-bond donors (Lipinski definition) is 1. The third-order valence-corrected chi connectivity index (χ3v) is 13.3. The highest BCUT2D eigenvalue weighted by molar-refractivity contribution is 5.82. The molecule has 2 bridgehead atoms. The van der Waals surface area contributed by atoms with E-state index in [1.165, 1.54) is 12.8 Å². The molecule has 0 amide bonds. The lowest BCUT2D eigenvalue weighted by Crippen LogP contribution is -2.66. The van der Waals surface area contributed by atoms with E-state index in [0.717, 1.165) is 44.9 Å². The molecule has 1 saturated heterocycles. The van der Waals surface area contributed by atoms with Crippen LogP contribution in [0.15, 0.2) is 11.6 Å². The monoisotopic (exact) mass is 454 g/mol. The fourth-order valence-corrected chi connectivity index (χ4v) is 11.0. The molecule has 1 spiro atoms. The summed E-state index contributed by atoms with van der Waals surface area (Å²) in [4.78, 5) is 13.5. The Hall–Kier alpha value is -0.830. The Kier molecular flexibility index (Phi) is 4.31. The van der Waals surface area contributed by atoms with Crippen molar-refractivity contribution >= 4 is 5.97 Å². The molecule has 9 unspecified atom stereocenters. The third-order valence-electron chi connectivity index (χ3n) is 13.3. The van der Waals surface area contributed by atoms with Gasteiger partial charge in [-0.15, -0.1) is 0 Å². The van der Waals surface area contributed by atoms with Gasteiger partial charge in [0.15, 0.2) is 0 Å². The lowest BCUT2D eigenvalue weighted by molar-refractivity contribution is -0.212. The van der Waals surface area contributed by atoms with Crippen molar-refractivity contribution in [3.8, 4) is 0 Å². The van der Waals surface area contributed by atoms with Crippen LogP contribution in [0.25, 0.3) is 0 Å². The van der Waals surface area contributed by atoms with Crippen molar-refractivity contribution in [3.05, 3.63) is 11.6 Å². The van der Waals surface area contributed by atoms with Gasteiger partial charge in [0.25, 0.3) is 0 Å². The highest BCUT2D eigenvalue weighted by atomic mass is 16.6. The lowest BCUT2D eigenvalue weighted by atomic mass is 9.33. The Morgan fingerprint density at radius 1 is 0.909 bits per heavy atom. The molecule has 4 saturated carbocycles. The number of esters is 1. The molecule has 33 heavy (non-hydrogen) atoms. The molecule has 0 aromatic carbocycles. The van der Waals surface area contributed by atoms with Gasteiger partial charge in [-0.05, 0) is 90.8 Å². The maximum absolute atomic E-state index is 13.5. The lowest BCUT2D eigenvalue weighted by Gasteiger charge is -2.70. The number of allylic oxidation sites excluding steroid dienone is 1. The zero-order valence-electron chi connectivity index (χ0n) is 22.1. The number of hydrogen-bond acceptors (Lipinski definition) is 3. The Labute approximate surface area is 201 Å². The van der Waals surface area contributed by atoms with Crippen molar-refractivity contribution in [3.63, 3.8) is 0 Å². The number of aliphatic hydroxyl groups excluding tert-OH is 1. The van der Waals surface area contributed by atoms with E-state index in [-0.39, 0.29) is 50.7 Å². The first-order chi connectivity index (χ1) is 15.2. The van der Waals surface area contributed by atoms with Crippen molar-refractivity contribution in [2.45, 2.75) is 118 Å². The summed E-state index contributed by atoms with van der Waals surface area (Å²) in [6.45, 7) is 17.0. The molecule has 1 heterocycles. The summed E-state index contributed by atoms with van der Waals surface area (Å²) in [5.41, 5.74) is 1.87. The molecule has 0 aromatic heterocycles. The average Bonchev–Trinajstić information content (AvgIpc) is 3.03. The molecule has 184 valence electrons. The molecule has 3 nitrogen and oxygen atoms in total. The van der Waals surface area contributed by atoms with Gasteiger partial charge in [0.2, 0.25) is 0 Å². The van der Waals surface area contributed by atoms with E-state index in [4.69, 9.17) is 4.74 Å². The van der Waals surface area contributed by atoms with Gasteiger partial charge in [-0.3, -0.25) is 4.79 Å². The van der Waals surface area contributed by atoms with E-state index in [0.29, 0.717) is 17.8 Å². The Balaban J connectivity index is 1.48. The SMILES string of the molecule is CC1(C)CCC23CC(OC2=O)C2(C)C(=CCC4C5(C)CCC(O)C(C)(C)C5CCC42C)C3C1. The second kappa shape index (κ2) is 6.29. The highest BCUT2D eigenvalue weighted by Crippen LogP contribution is 2.77. The zero-order valence-corrected chi connectivity index (χ0v) is 22.1. The second-order valence-corrected chi connectivity index (χ2v) is 15.2. The molecule has 6 aliphatic rings. The normalized spacial score (nSPS) is 55.9. The molecule has 6 rings (SSSR count). The maximum atomic E-state index is 13.5. The number of rotatable bonds is 0. The fourth-order valence-electron chi connectivity index (χ4n) is 11.0. The molecule has 9 atom stereocenters. The van der Waals surface area contributed by atoms with Crippen molar-refractivity contribution in [1.29, 1.82) is 0 Å². The van der Waals surface area contributed by atoms with E-state index in [1.807, 2.05) is 0 Å². The standard InChI is InChI=1S/C30H46O3/c1-25(2)14-15-30-17-23(33-24(30)32)29(7)18(19(30)16-25)8-9-21-27(5)12-11-22(31)26(3,4)20(27)10-13-28(21,29)6/h8,19-23,31H,9-17H2,1-7H3. The zero-order chi connectivity index (χ0) is 23.8. The van der Waals surface area contributed by atoms with E-state index < -0.39 is 0 Å². The van der Waals surface area contributed by atoms with E-state index in [9.17, 15) is 9.90 Å². The largest absolute Gasteiger partial charge is 0.461 e. The smallest absolute Gasteiger partial charge is 0.313 e. The molecular weight excluding hydrogens is 408 g/mol. The third kappa shape index (κ3) is 2.44. The van der Waals surface area contributed by atoms with Crippen LogP contribution in [-0.4, -0.2) is 23.3 Å². The van der Waals surface area contributed by atoms with Crippen molar-refractivity contribution in [1.82, 2.24) is 0 Å². The number of carbonyl (C=O) groups excluding carboxylic acids is 1. The van der Waals surface area contributed by atoms with Crippen molar-refractivity contribution in [2.24, 2.45) is 50.2 Å². The quantitative estimate of drug-likeness (QED) is 0.328. The van der Waals surface area contributed by atoms with Crippen LogP contribution in [0.2, 0.25) is 0 Å². The first-order valence-corrected chi connectivity index (χ1v) is 13.8. The summed E-state index contributed by atoms with van der Waals surface area (Å²) < 4.78 is 6.41. The topological polar surface area (TPSA) is 46.5 Å². The first-order valence-electron chi connectivity index (χ1n) is 13.8. The van der Waals surface area contributed by atoms with Gasteiger partial charge < -0.3 is 9.84 Å². The van der Waals surface area contributed by atoms with Gasteiger partial charge in [0, 0.05) is 11.8 Å². The van der Waals surface area contributed by atoms with Crippen LogP contribution in [0.1, 0.15) is 106 Å². The summed E-state index contributed by atoms with van der Waals surface area (Å²) >= 11 is 0. The van der Waals surface area contributed by atoms with Gasteiger partial charge in [0.1, 0.15) is 6.10 Å². The first kappa shape index (κ1) is 22.6. The molecule has 5 aliphatic carbocycles. The minimum atomic E-state index is -0.257. The minimum Gasteiger partial charge on any atom is -0.461 e. The van der Waals surface area contributed by atoms with Crippen LogP contribution >= 0.6 is 0 Å². The van der Waals surface area contributed by atoms with Crippen molar-refractivity contribution in [2.75, 3.05) is 0 Å². The molecule has 0 radical (unpaired) electrons. The highest BCUT2D eigenvalue weighted by Gasteiger charge is 2.74. The minimum absolute atomic E-state index is 0.0313. The van der Waals surface area contributed by atoms with Gasteiger partial charge in [-0.2, -0.15) is 0 Å². The number of carbonyl (C=O) groups is 1. The Bertz CT molecular complexity index is 931. The van der Waals surface area contributed by atoms with Gasteiger partial charge in [-0.1, -0.05) is 60.1 Å². The van der Waals surface area contributed by atoms with E-state index in [2.05, 4.69) is 54.5 Å². The molecule has 1 aliphatic heterocycles. The van der Waals surface area contributed by atoms with Crippen LogP contribution in [0.3, 0.4) is 0 Å². The summed E-state index contributed by atoms with van der Waals surface area (Å²) in [7, 11) is 0. The van der Waals surface area contributed by atoms with Crippen LogP contribution in [-0.2, 0) is 9.53 Å². The number of ether oxygens (including phenoxy) is 1. The number of fused-ring (bicyclic) bond motifs is 8. The van der Waals surface area contributed by atoms with Crippen LogP contribution in [0.4, 0.5) is 0 Å². The maximum Gasteiger partial charge on any atom is 0.313 e. The predicted molar refractivity (Wildman–Crippen MR) is 130 cm³/mol. The molecule has 5 fully saturated rings. The Morgan fingerprint density at radius 3 is 2.36 bits per heavy atom. The fraction of sp³-hybridized carbons (Fsp3) is 0.900. The summed E-state index contributed by atoms with van der Waals surface area (Å²) in [6, 6.07) is 0. The number of aliphatic hydroxyl groups is 1. The molecule has 3 heteroatoms. The average molecular weight is 455 g/mol. The van der Waals surface area contributed by atoms with Gasteiger partial charge in [-0.25, -0.2) is 0 Å². The Morgan fingerprint density at radius 2 is 1.64 bits per heavy atom. The van der Waals surface area contributed by atoms with Crippen LogP contribution < -0.4 is 0 Å². The predicted octanol–water partition coefficient (Wildman–Crippen LogP) is 6.68. The molecule has 0 aromatic rings. The summed E-state index contributed by atoms with van der Waals surface area (Å²) in [5, 5.41) is 10.9. The summed E-state index contributed by atoms with van der Waals surface area (Å²) in [5.74, 6) is 1.59. The molecule has 1 N–H and O–H groups in total. The van der Waals surface area contributed by atoms with Gasteiger partial charge >= 0.3 is 5.97 Å². The van der Waals surface area contributed by atoms with E-state index >= 15 is 0 Å². The second-order valence-electron chi connectivity index (χ2n) is 15.2. The van der Waals surface area contributed by atoms with Crippen molar-refractivity contribution < 1.29 is 14.6 Å². The van der Waals surface area contributed by atoms with Crippen LogP contribution in [0.5, 0.6) is 0 Å². The summed E-state index contributed by atoms with van der Waals surface area (Å²) in [6.07, 6.45) is 12.2. The van der Waals surface area contributed by atoms with Crippen LogP contribution in [0, 0.1) is 50.2 Å². The molecular formula is C30H46O3.